The Morgan fingerprint density at radius 1 is 1.17 bits per heavy atom. The first-order valence-electron chi connectivity index (χ1n) is 4.79. The molecule has 2 heteroatoms. The summed E-state index contributed by atoms with van der Waals surface area (Å²) in [6.45, 7) is 10.3. The monoisotopic (exact) mass is 172 g/mol. The predicted molar refractivity (Wildman–Crippen MR) is 49.2 cm³/mol. The average Bonchev–Trinajstić information content (AvgIpc) is 2.03. The Labute approximate surface area is 75.2 Å². The maximum Gasteiger partial charge on any atom is 0.0885 e. The van der Waals surface area contributed by atoms with E-state index in [0.29, 0.717) is 6.10 Å². The Morgan fingerprint density at radius 3 is 2.17 bits per heavy atom. The van der Waals surface area contributed by atoms with Crippen molar-refractivity contribution in [2.24, 2.45) is 5.41 Å². The summed E-state index contributed by atoms with van der Waals surface area (Å²) in [4.78, 5) is 0. The van der Waals surface area contributed by atoms with Crippen LogP contribution >= 0.6 is 0 Å². The van der Waals surface area contributed by atoms with E-state index in [-0.39, 0.29) is 11.5 Å². The SMILES string of the molecule is CCC1OCCOC1C(C)(C)C. The fraction of sp³-hybridized carbons (Fsp3) is 1.00. The van der Waals surface area contributed by atoms with Crippen LogP contribution in [0.1, 0.15) is 34.1 Å². The van der Waals surface area contributed by atoms with Gasteiger partial charge in [0.05, 0.1) is 25.4 Å². The van der Waals surface area contributed by atoms with Crippen LogP contribution in [0.5, 0.6) is 0 Å². The second kappa shape index (κ2) is 3.75. The molecule has 12 heavy (non-hydrogen) atoms. The van der Waals surface area contributed by atoms with Crippen LogP contribution in [-0.2, 0) is 9.47 Å². The minimum absolute atomic E-state index is 0.196. The number of ether oxygens (including phenoxy) is 2. The summed E-state index contributed by atoms with van der Waals surface area (Å²) in [6.07, 6.45) is 1.59. The fourth-order valence-corrected chi connectivity index (χ4v) is 1.71. The lowest BCUT2D eigenvalue weighted by molar-refractivity contribution is -0.174. The smallest absolute Gasteiger partial charge is 0.0885 e. The highest BCUT2D eigenvalue weighted by Crippen LogP contribution is 2.29. The summed E-state index contributed by atoms with van der Waals surface area (Å²) in [6, 6.07) is 0. The molecule has 1 rings (SSSR count). The lowest BCUT2D eigenvalue weighted by Gasteiger charge is -2.39. The van der Waals surface area contributed by atoms with Gasteiger partial charge < -0.3 is 9.47 Å². The largest absolute Gasteiger partial charge is 0.373 e. The predicted octanol–water partition coefficient (Wildman–Crippen LogP) is 2.23. The van der Waals surface area contributed by atoms with E-state index in [4.69, 9.17) is 9.47 Å². The summed E-state index contributed by atoms with van der Waals surface area (Å²) in [5.41, 5.74) is 0.196. The van der Waals surface area contributed by atoms with E-state index in [1.807, 2.05) is 0 Å². The van der Waals surface area contributed by atoms with Gasteiger partial charge in [0.1, 0.15) is 0 Å². The molecule has 1 aliphatic rings. The van der Waals surface area contributed by atoms with Gasteiger partial charge in [0.2, 0.25) is 0 Å². The van der Waals surface area contributed by atoms with E-state index >= 15 is 0 Å². The molecule has 1 aliphatic heterocycles. The molecule has 0 aromatic heterocycles. The lowest BCUT2D eigenvalue weighted by Crippen LogP contribution is -2.45. The topological polar surface area (TPSA) is 18.5 Å². The summed E-state index contributed by atoms with van der Waals surface area (Å²) in [7, 11) is 0. The maximum absolute atomic E-state index is 5.72. The van der Waals surface area contributed by atoms with Gasteiger partial charge in [-0.2, -0.15) is 0 Å². The third-order valence-electron chi connectivity index (χ3n) is 2.31. The fourth-order valence-electron chi connectivity index (χ4n) is 1.71. The van der Waals surface area contributed by atoms with Crippen LogP contribution in [0.15, 0.2) is 0 Å². The van der Waals surface area contributed by atoms with Gasteiger partial charge in [-0.3, -0.25) is 0 Å². The Bertz CT molecular complexity index is 137. The first kappa shape index (κ1) is 10.0. The summed E-state index contributed by atoms with van der Waals surface area (Å²) >= 11 is 0. The van der Waals surface area contributed by atoms with E-state index in [1.165, 1.54) is 0 Å². The van der Waals surface area contributed by atoms with Gasteiger partial charge in [0.25, 0.3) is 0 Å². The van der Waals surface area contributed by atoms with Crippen LogP contribution in [-0.4, -0.2) is 25.4 Å². The lowest BCUT2D eigenvalue weighted by atomic mass is 9.84. The molecule has 0 N–H and O–H groups in total. The molecule has 2 nitrogen and oxygen atoms in total. The quantitative estimate of drug-likeness (QED) is 0.604. The van der Waals surface area contributed by atoms with Gasteiger partial charge in [-0.05, 0) is 11.8 Å². The molecular formula is C10H20O2. The molecule has 1 fully saturated rings. The highest BCUT2D eigenvalue weighted by atomic mass is 16.6. The molecule has 0 radical (unpaired) electrons. The van der Waals surface area contributed by atoms with Gasteiger partial charge in [-0.25, -0.2) is 0 Å². The number of rotatable bonds is 1. The minimum atomic E-state index is 0.196. The molecule has 0 aromatic carbocycles. The zero-order valence-corrected chi connectivity index (χ0v) is 8.59. The molecule has 0 spiro atoms. The van der Waals surface area contributed by atoms with Crippen LogP contribution in [0.2, 0.25) is 0 Å². The molecule has 72 valence electrons. The van der Waals surface area contributed by atoms with Gasteiger partial charge in [-0.1, -0.05) is 27.7 Å². The van der Waals surface area contributed by atoms with E-state index in [0.717, 1.165) is 19.6 Å². The van der Waals surface area contributed by atoms with Crippen molar-refractivity contribution in [3.8, 4) is 0 Å². The van der Waals surface area contributed by atoms with Crippen LogP contribution in [0.25, 0.3) is 0 Å². The maximum atomic E-state index is 5.72. The first-order valence-corrected chi connectivity index (χ1v) is 4.79. The van der Waals surface area contributed by atoms with Crippen molar-refractivity contribution in [3.63, 3.8) is 0 Å². The van der Waals surface area contributed by atoms with Crippen molar-refractivity contribution in [3.05, 3.63) is 0 Å². The number of hydrogen-bond donors (Lipinski definition) is 0. The van der Waals surface area contributed by atoms with Gasteiger partial charge in [-0.15, -0.1) is 0 Å². The Kier molecular flexibility index (Phi) is 3.13. The third-order valence-corrected chi connectivity index (χ3v) is 2.31. The van der Waals surface area contributed by atoms with Crippen LogP contribution < -0.4 is 0 Å². The summed E-state index contributed by atoms with van der Waals surface area (Å²) < 4.78 is 11.4. The standard InChI is InChI=1S/C10H20O2/c1-5-8-9(10(2,3)4)12-7-6-11-8/h8-9H,5-7H2,1-4H3. The molecule has 0 saturated carbocycles. The second-order valence-electron chi connectivity index (χ2n) is 4.47. The zero-order valence-electron chi connectivity index (χ0n) is 8.59. The van der Waals surface area contributed by atoms with E-state index in [1.54, 1.807) is 0 Å². The van der Waals surface area contributed by atoms with E-state index < -0.39 is 0 Å². The van der Waals surface area contributed by atoms with Crippen LogP contribution in [0, 0.1) is 5.41 Å². The Balaban J connectivity index is 2.59. The average molecular weight is 172 g/mol. The van der Waals surface area contributed by atoms with E-state index in [9.17, 15) is 0 Å². The van der Waals surface area contributed by atoms with Gasteiger partial charge >= 0.3 is 0 Å². The Hall–Kier alpha value is -0.0800. The first-order chi connectivity index (χ1) is 5.55. The molecule has 0 aliphatic carbocycles. The van der Waals surface area contributed by atoms with Gasteiger partial charge in [0, 0.05) is 0 Å². The highest BCUT2D eigenvalue weighted by Gasteiger charge is 2.34. The highest BCUT2D eigenvalue weighted by molar-refractivity contribution is 4.83. The molecule has 0 amide bonds. The molecule has 2 atom stereocenters. The molecule has 0 bridgehead atoms. The number of hydrogen-bond acceptors (Lipinski definition) is 2. The molecule has 1 saturated heterocycles. The molecule has 1 heterocycles. The molecule has 2 unspecified atom stereocenters. The van der Waals surface area contributed by atoms with Gasteiger partial charge in [0.15, 0.2) is 0 Å². The van der Waals surface area contributed by atoms with Crippen molar-refractivity contribution < 1.29 is 9.47 Å². The third kappa shape index (κ3) is 2.20. The minimum Gasteiger partial charge on any atom is -0.373 e. The second-order valence-corrected chi connectivity index (χ2v) is 4.47. The van der Waals surface area contributed by atoms with Crippen LogP contribution in [0.3, 0.4) is 0 Å². The molecule has 0 aromatic rings. The van der Waals surface area contributed by atoms with Crippen LogP contribution in [0.4, 0.5) is 0 Å². The van der Waals surface area contributed by atoms with Crippen molar-refractivity contribution in [2.45, 2.75) is 46.3 Å². The van der Waals surface area contributed by atoms with Crippen molar-refractivity contribution in [1.82, 2.24) is 0 Å². The Morgan fingerprint density at radius 2 is 1.75 bits per heavy atom. The molecular weight excluding hydrogens is 152 g/mol. The summed E-state index contributed by atoms with van der Waals surface area (Å²) in [5.74, 6) is 0. The van der Waals surface area contributed by atoms with Crippen molar-refractivity contribution >= 4 is 0 Å². The van der Waals surface area contributed by atoms with E-state index in [2.05, 4.69) is 27.7 Å². The zero-order chi connectivity index (χ0) is 9.19. The summed E-state index contributed by atoms with van der Waals surface area (Å²) in [5, 5.41) is 0. The normalized spacial score (nSPS) is 32.0. The van der Waals surface area contributed by atoms with Crippen molar-refractivity contribution in [1.29, 1.82) is 0 Å². The van der Waals surface area contributed by atoms with Crippen molar-refractivity contribution in [2.75, 3.05) is 13.2 Å².